The first-order valence-corrected chi connectivity index (χ1v) is 12.5. The average molecular weight is 528 g/mol. The predicted molar refractivity (Wildman–Crippen MR) is 143 cm³/mol. The highest BCUT2D eigenvalue weighted by atomic mass is 16.5. The molecule has 0 spiro atoms. The molecule has 8 heteroatoms. The third kappa shape index (κ3) is 7.64. The third-order valence-electron chi connectivity index (χ3n) is 6.02. The fourth-order valence-corrected chi connectivity index (χ4v) is 3.87. The SMILES string of the molecule is COC(=O)CCC(OC(=O)Cc1ccc(OCc2nc(-c3ccccc3)oc2C)cc1)C(=O)c1ccccc1. The number of rotatable bonds is 12. The Morgan fingerprint density at radius 2 is 1.54 bits per heavy atom. The Hall–Kier alpha value is -4.72. The van der Waals surface area contributed by atoms with Crippen LogP contribution in [0.25, 0.3) is 11.5 Å². The molecule has 0 fully saturated rings. The van der Waals surface area contributed by atoms with Gasteiger partial charge < -0.3 is 18.6 Å². The Labute approximate surface area is 226 Å². The number of Topliss-reactive ketones (excluding diaryl/α,β-unsaturated/α-hetero) is 1. The molecular formula is C31H29NO7. The summed E-state index contributed by atoms with van der Waals surface area (Å²) in [6.07, 6.45) is -1.14. The molecule has 8 nitrogen and oxygen atoms in total. The molecule has 0 radical (unpaired) electrons. The number of carbonyl (C=O) groups excluding carboxylic acids is 3. The van der Waals surface area contributed by atoms with E-state index < -0.39 is 18.0 Å². The number of aromatic nitrogens is 1. The van der Waals surface area contributed by atoms with Crippen molar-refractivity contribution in [2.45, 2.75) is 38.9 Å². The minimum atomic E-state index is -1.09. The van der Waals surface area contributed by atoms with E-state index in [0.717, 1.165) is 5.56 Å². The molecule has 1 aromatic heterocycles. The lowest BCUT2D eigenvalue weighted by atomic mass is 10.0. The van der Waals surface area contributed by atoms with Gasteiger partial charge in [-0.05, 0) is 36.8 Å². The van der Waals surface area contributed by atoms with Crippen molar-refractivity contribution in [2.24, 2.45) is 0 Å². The van der Waals surface area contributed by atoms with Crippen molar-refractivity contribution in [3.05, 3.63) is 108 Å². The Kier molecular flexibility index (Phi) is 9.24. The first-order chi connectivity index (χ1) is 18.9. The second-order valence-electron chi connectivity index (χ2n) is 8.82. The van der Waals surface area contributed by atoms with E-state index in [1.807, 2.05) is 37.3 Å². The highest BCUT2D eigenvalue weighted by Crippen LogP contribution is 2.23. The van der Waals surface area contributed by atoms with Crippen LogP contribution in [0.5, 0.6) is 5.75 Å². The topological polar surface area (TPSA) is 105 Å². The number of oxazole rings is 1. The van der Waals surface area contributed by atoms with E-state index in [-0.39, 0.29) is 31.7 Å². The zero-order valence-corrected chi connectivity index (χ0v) is 21.8. The van der Waals surface area contributed by atoms with Crippen LogP contribution in [0, 0.1) is 6.92 Å². The molecule has 39 heavy (non-hydrogen) atoms. The van der Waals surface area contributed by atoms with E-state index in [4.69, 9.17) is 13.9 Å². The van der Waals surface area contributed by atoms with Gasteiger partial charge in [-0.15, -0.1) is 0 Å². The van der Waals surface area contributed by atoms with Gasteiger partial charge in [0.25, 0.3) is 0 Å². The van der Waals surface area contributed by atoms with E-state index >= 15 is 0 Å². The molecule has 4 aromatic rings. The number of hydrogen-bond acceptors (Lipinski definition) is 8. The molecule has 0 aliphatic carbocycles. The maximum absolute atomic E-state index is 12.9. The summed E-state index contributed by atoms with van der Waals surface area (Å²) in [4.78, 5) is 41.8. The van der Waals surface area contributed by atoms with Crippen LogP contribution in [0.4, 0.5) is 0 Å². The van der Waals surface area contributed by atoms with Crippen molar-refractivity contribution in [1.82, 2.24) is 4.98 Å². The molecule has 0 saturated heterocycles. The van der Waals surface area contributed by atoms with E-state index in [9.17, 15) is 14.4 Å². The van der Waals surface area contributed by atoms with E-state index in [1.54, 1.807) is 54.6 Å². The fraction of sp³-hybridized carbons (Fsp3) is 0.226. The monoisotopic (exact) mass is 527 g/mol. The number of benzene rings is 3. The van der Waals surface area contributed by atoms with Crippen LogP contribution in [0.1, 0.15) is 40.2 Å². The minimum Gasteiger partial charge on any atom is -0.487 e. The molecule has 0 amide bonds. The fourth-order valence-electron chi connectivity index (χ4n) is 3.87. The van der Waals surface area contributed by atoms with Gasteiger partial charge in [0.05, 0.1) is 13.5 Å². The summed E-state index contributed by atoms with van der Waals surface area (Å²) >= 11 is 0. The van der Waals surface area contributed by atoms with Gasteiger partial charge in [0.2, 0.25) is 11.7 Å². The Morgan fingerprint density at radius 1 is 0.872 bits per heavy atom. The largest absolute Gasteiger partial charge is 0.487 e. The number of aryl methyl sites for hydroxylation is 1. The summed E-state index contributed by atoms with van der Waals surface area (Å²) in [5.41, 5.74) is 2.68. The third-order valence-corrected chi connectivity index (χ3v) is 6.02. The number of hydrogen-bond donors (Lipinski definition) is 0. The first-order valence-electron chi connectivity index (χ1n) is 12.5. The Balaban J connectivity index is 1.33. The van der Waals surface area contributed by atoms with E-state index in [2.05, 4.69) is 9.72 Å². The number of nitrogens with zero attached hydrogens (tertiary/aromatic N) is 1. The summed E-state index contributed by atoms with van der Waals surface area (Å²) in [6.45, 7) is 2.07. The summed E-state index contributed by atoms with van der Waals surface area (Å²) in [5, 5.41) is 0. The molecular weight excluding hydrogens is 498 g/mol. The standard InChI is InChI=1S/C31H29NO7/c1-21-26(32-31(38-21)24-11-7-4-8-12-24)20-37-25-15-13-22(14-16-25)19-29(34)39-27(17-18-28(33)36-2)30(35)23-9-5-3-6-10-23/h3-16,27H,17-20H2,1-2H3. The van der Waals surface area contributed by atoms with Crippen molar-refractivity contribution in [3.8, 4) is 17.2 Å². The maximum atomic E-state index is 12.9. The van der Waals surface area contributed by atoms with E-state index in [1.165, 1.54) is 7.11 Å². The predicted octanol–water partition coefficient (Wildman–Crippen LogP) is 5.52. The van der Waals surface area contributed by atoms with Crippen molar-refractivity contribution < 1.29 is 33.0 Å². The zero-order chi connectivity index (χ0) is 27.6. The molecule has 0 aliphatic heterocycles. The second-order valence-corrected chi connectivity index (χ2v) is 8.82. The summed E-state index contributed by atoms with van der Waals surface area (Å²) < 4.78 is 21.8. The molecule has 0 N–H and O–H groups in total. The Bertz CT molecular complexity index is 1400. The molecule has 0 saturated carbocycles. The molecule has 0 aliphatic rings. The molecule has 0 bridgehead atoms. The lowest BCUT2D eigenvalue weighted by Gasteiger charge is -2.17. The van der Waals surface area contributed by atoms with Crippen LogP contribution in [0.3, 0.4) is 0 Å². The normalized spacial score (nSPS) is 11.4. The number of carbonyl (C=O) groups is 3. The maximum Gasteiger partial charge on any atom is 0.310 e. The molecule has 1 heterocycles. The van der Waals surface area contributed by atoms with Crippen LogP contribution in [-0.2, 0) is 32.1 Å². The lowest BCUT2D eigenvalue weighted by molar-refractivity contribution is -0.148. The first kappa shape index (κ1) is 27.3. The van der Waals surface area contributed by atoms with Crippen LogP contribution in [-0.4, -0.2) is 35.9 Å². The lowest BCUT2D eigenvalue weighted by Crippen LogP contribution is -2.29. The van der Waals surface area contributed by atoms with Crippen LogP contribution >= 0.6 is 0 Å². The van der Waals surface area contributed by atoms with Gasteiger partial charge in [-0.3, -0.25) is 14.4 Å². The van der Waals surface area contributed by atoms with Gasteiger partial charge in [-0.25, -0.2) is 4.98 Å². The molecule has 4 rings (SSSR count). The highest BCUT2D eigenvalue weighted by molar-refractivity contribution is 6.00. The van der Waals surface area contributed by atoms with Crippen molar-refractivity contribution in [3.63, 3.8) is 0 Å². The number of esters is 2. The smallest absolute Gasteiger partial charge is 0.310 e. The average Bonchev–Trinajstić information content (AvgIpc) is 3.35. The number of ether oxygens (including phenoxy) is 3. The summed E-state index contributed by atoms with van der Waals surface area (Å²) in [5.74, 6) is 0.400. The van der Waals surface area contributed by atoms with E-state index in [0.29, 0.717) is 34.2 Å². The van der Waals surface area contributed by atoms with Crippen molar-refractivity contribution >= 4 is 17.7 Å². The van der Waals surface area contributed by atoms with Gasteiger partial charge in [0.1, 0.15) is 23.8 Å². The molecule has 3 aromatic carbocycles. The molecule has 200 valence electrons. The summed E-state index contributed by atoms with van der Waals surface area (Å²) in [6, 6.07) is 25.2. The van der Waals surface area contributed by atoms with Gasteiger partial charge >= 0.3 is 11.9 Å². The van der Waals surface area contributed by atoms with Gasteiger partial charge in [0, 0.05) is 24.0 Å². The second kappa shape index (κ2) is 13.2. The van der Waals surface area contributed by atoms with Crippen LogP contribution in [0.15, 0.2) is 89.3 Å². The molecule has 1 unspecified atom stereocenters. The minimum absolute atomic E-state index is 0.0341. The Morgan fingerprint density at radius 3 is 2.21 bits per heavy atom. The van der Waals surface area contributed by atoms with Crippen molar-refractivity contribution in [2.75, 3.05) is 7.11 Å². The summed E-state index contributed by atoms with van der Waals surface area (Å²) in [7, 11) is 1.27. The zero-order valence-electron chi connectivity index (χ0n) is 21.8. The number of methoxy groups -OCH3 is 1. The van der Waals surface area contributed by atoms with Gasteiger partial charge in [-0.1, -0.05) is 60.7 Å². The van der Waals surface area contributed by atoms with Crippen LogP contribution in [0.2, 0.25) is 0 Å². The molecule has 1 atom stereocenters. The van der Waals surface area contributed by atoms with Crippen molar-refractivity contribution in [1.29, 1.82) is 0 Å². The highest BCUT2D eigenvalue weighted by Gasteiger charge is 2.25. The quantitative estimate of drug-likeness (QED) is 0.175. The van der Waals surface area contributed by atoms with Crippen LogP contribution < -0.4 is 4.74 Å². The van der Waals surface area contributed by atoms with Gasteiger partial charge in [-0.2, -0.15) is 0 Å². The number of ketones is 1. The van der Waals surface area contributed by atoms with Gasteiger partial charge in [0.15, 0.2) is 6.10 Å².